The second-order valence-electron chi connectivity index (χ2n) is 5.41. The number of piperidine rings is 1. The molecule has 1 amide bonds. The fraction of sp³-hybridized carbons (Fsp3) is 0.562. The molecular formula is C16H23ClN2O3. The smallest absolute Gasteiger partial charge is 0.414 e. The van der Waals surface area contributed by atoms with Crippen molar-refractivity contribution in [3.05, 3.63) is 29.3 Å². The van der Waals surface area contributed by atoms with Crippen molar-refractivity contribution in [2.24, 2.45) is 5.92 Å². The molecule has 0 bridgehead atoms. The highest BCUT2D eigenvalue weighted by molar-refractivity contribution is 6.30. The molecular weight excluding hydrogens is 304 g/mol. The average Bonchev–Trinajstić information content (AvgIpc) is 2.53. The molecule has 6 heteroatoms. The second kappa shape index (κ2) is 8.98. The highest BCUT2D eigenvalue weighted by Crippen LogP contribution is 2.23. The first kappa shape index (κ1) is 17.1. The van der Waals surface area contributed by atoms with E-state index in [0.717, 1.165) is 31.6 Å². The van der Waals surface area contributed by atoms with E-state index in [4.69, 9.17) is 21.1 Å². The number of amides is 1. The number of nitrogens with zero attached hydrogens (tertiary/aromatic N) is 1. The van der Waals surface area contributed by atoms with E-state index in [9.17, 15) is 4.79 Å². The van der Waals surface area contributed by atoms with Gasteiger partial charge in [-0.1, -0.05) is 17.7 Å². The lowest BCUT2D eigenvalue weighted by Gasteiger charge is -2.29. The molecule has 0 spiro atoms. The summed E-state index contributed by atoms with van der Waals surface area (Å²) in [6, 6.07) is 7.29. The van der Waals surface area contributed by atoms with Crippen molar-refractivity contribution in [1.82, 2.24) is 5.32 Å². The number of halogens is 1. The van der Waals surface area contributed by atoms with Gasteiger partial charge in [0.05, 0.1) is 6.61 Å². The van der Waals surface area contributed by atoms with Gasteiger partial charge in [-0.3, -0.25) is 4.90 Å². The highest BCUT2D eigenvalue weighted by atomic mass is 35.5. The number of hydrogen-bond acceptors (Lipinski definition) is 4. The number of ether oxygens (including phenoxy) is 2. The van der Waals surface area contributed by atoms with Crippen LogP contribution in [-0.2, 0) is 9.47 Å². The Hall–Kier alpha value is -1.30. The van der Waals surface area contributed by atoms with E-state index in [-0.39, 0.29) is 12.7 Å². The molecule has 22 heavy (non-hydrogen) atoms. The zero-order valence-corrected chi connectivity index (χ0v) is 13.6. The summed E-state index contributed by atoms with van der Waals surface area (Å²) in [6.07, 6.45) is 1.88. The minimum absolute atomic E-state index is 0.245. The third kappa shape index (κ3) is 5.16. The van der Waals surface area contributed by atoms with Crippen LogP contribution in [0.2, 0.25) is 5.02 Å². The molecule has 1 aromatic carbocycles. The fourth-order valence-electron chi connectivity index (χ4n) is 2.56. The van der Waals surface area contributed by atoms with Gasteiger partial charge in [0.1, 0.15) is 6.61 Å². The third-order valence-corrected chi connectivity index (χ3v) is 3.93. The number of anilines is 1. The van der Waals surface area contributed by atoms with Crippen molar-refractivity contribution in [3.63, 3.8) is 0 Å². The molecule has 1 atom stereocenters. The minimum Gasteiger partial charge on any atom is -0.447 e. The fourth-order valence-corrected chi connectivity index (χ4v) is 2.74. The van der Waals surface area contributed by atoms with Crippen molar-refractivity contribution < 1.29 is 14.3 Å². The number of rotatable bonds is 6. The molecule has 5 nitrogen and oxygen atoms in total. The maximum Gasteiger partial charge on any atom is 0.414 e. The number of methoxy groups -OCH3 is 1. The van der Waals surface area contributed by atoms with Crippen molar-refractivity contribution in [3.8, 4) is 0 Å². The van der Waals surface area contributed by atoms with E-state index in [2.05, 4.69) is 5.32 Å². The molecule has 1 unspecified atom stereocenters. The quantitative estimate of drug-likeness (QED) is 0.817. The summed E-state index contributed by atoms with van der Waals surface area (Å²) in [4.78, 5) is 14.1. The Kier molecular flexibility index (Phi) is 6.96. The number of nitrogens with one attached hydrogen (secondary N) is 1. The van der Waals surface area contributed by atoms with Crippen LogP contribution in [0.25, 0.3) is 0 Å². The SMILES string of the molecule is COCCOC(=O)N(CC1CCCNC1)c1cccc(Cl)c1. The van der Waals surface area contributed by atoms with Gasteiger partial charge in [-0.2, -0.15) is 0 Å². The largest absolute Gasteiger partial charge is 0.447 e. The van der Waals surface area contributed by atoms with Crippen LogP contribution < -0.4 is 10.2 Å². The number of carbonyl (C=O) groups excluding carboxylic acids is 1. The molecule has 0 aliphatic carbocycles. The minimum atomic E-state index is -0.357. The highest BCUT2D eigenvalue weighted by Gasteiger charge is 2.23. The van der Waals surface area contributed by atoms with E-state index < -0.39 is 0 Å². The van der Waals surface area contributed by atoms with E-state index in [1.54, 1.807) is 24.1 Å². The topological polar surface area (TPSA) is 50.8 Å². The van der Waals surface area contributed by atoms with Crippen LogP contribution in [0.1, 0.15) is 12.8 Å². The lowest BCUT2D eigenvalue weighted by atomic mass is 9.99. The van der Waals surface area contributed by atoms with Crippen molar-refractivity contribution in [2.75, 3.05) is 44.9 Å². The molecule has 1 N–H and O–H groups in total. The van der Waals surface area contributed by atoms with Crippen LogP contribution in [0, 0.1) is 5.92 Å². The number of hydrogen-bond donors (Lipinski definition) is 1. The Morgan fingerprint density at radius 1 is 1.45 bits per heavy atom. The predicted octanol–water partition coefficient (Wildman–Crippen LogP) is 2.93. The number of benzene rings is 1. The predicted molar refractivity (Wildman–Crippen MR) is 87.6 cm³/mol. The molecule has 0 radical (unpaired) electrons. The van der Waals surface area contributed by atoms with Crippen LogP contribution in [0.3, 0.4) is 0 Å². The van der Waals surface area contributed by atoms with Gasteiger partial charge < -0.3 is 14.8 Å². The summed E-state index contributed by atoms with van der Waals surface area (Å²) >= 11 is 6.05. The monoisotopic (exact) mass is 326 g/mol. The van der Waals surface area contributed by atoms with Gasteiger partial charge in [-0.25, -0.2) is 4.79 Å². The van der Waals surface area contributed by atoms with Crippen molar-refractivity contribution in [2.45, 2.75) is 12.8 Å². The molecule has 1 fully saturated rings. The Balaban J connectivity index is 2.07. The average molecular weight is 327 g/mol. The summed E-state index contributed by atoms with van der Waals surface area (Å²) < 4.78 is 10.2. The Morgan fingerprint density at radius 3 is 3.00 bits per heavy atom. The van der Waals surface area contributed by atoms with Crippen LogP contribution in [0.15, 0.2) is 24.3 Å². The van der Waals surface area contributed by atoms with Gasteiger partial charge in [-0.15, -0.1) is 0 Å². The van der Waals surface area contributed by atoms with Crippen LogP contribution >= 0.6 is 11.6 Å². The first-order chi connectivity index (χ1) is 10.7. The molecule has 122 valence electrons. The van der Waals surface area contributed by atoms with Crippen LogP contribution in [-0.4, -0.2) is 46.1 Å². The molecule has 1 aromatic rings. The molecule has 1 aliphatic rings. The summed E-state index contributed by atoms with van der Waals surface area (Å²) in [6.45, 7) is 3.23. The molecule has 0 saturated carbocycles. The molecule has 1 saturated heterocycles. The summed E-state index contributed by atoms with van der Waals surface area (Å²) in [7, 11) is 1.58. The van der Waals surface area contributed by atoms with Gasteiger partial charge in [0.25, 0.3) is 0 Å². The molecule has 1 heterocycles. The summed E-state index contributed by atoms with van der Waals surface area (Å²) in [5, 5.41) is 3.97. The molecule has 0 aromatic heterocycles. The molecule has 2 rings (SSSR count). The zero-order chi connectivity index (χ0) is 15.8. The first-order valence-corrected chi connectivity index (χ1v) is 7.98. The Morgan fingerprint density at radius 2 is 2.32 bits per heavy atom. The van der Waals surface area contributed by atoms with E-state index in [1.165, 1.54) is 0 Å². The number of carbonyl (C=O) groups is 1. The summed E-state index contributed by atoms with van der Waals surface area (Å²) in [5.74, 6) is 0.419. The third-order valence-electron chi connectivity index (χ3n) is 3.69. The Labute approximate surface area is 136 Å². The van der Waals surface area contributed by atoms with Gasteiger partial charge in [-0.05, 0) is 50.0 Å². The summed E-state index contributed by atoms with van der Waals surface area (Å²) in [5.41, 5.74) is 0.764. The van der Waals surface area contributed by atoms with E-state index in [0.29, 0.717) is 24.1 Å². The first-order valence-electron chi connectivity index (χ1n) is 7.60. The Bertz CT molecular complexity index is 478. The van der Waals surface area contributed by atoms with E-state index >= 15 is 0 Å². The van der Waals surface area contributed by atoms with Crippen LogP contribution in [0.4, 0.5) is 10.5 Å². The second-order valence-corrected chi connectivity index (χ2v) is 5.85. The van der Waals surface area contributed by atoms with Crippen molar-refractivity contribution in [1.29, 1.82) is 0 Å². The maximum absolute atomic E-state index is 12.4. The molecule has 1 aliphatic heterocycles. The standard InChI is InChI=1S/C16H23ClN2O3/c1-21-8-9-22-16(20)19(12-13-4-3-7-18-11-13)15-6-2-5-14(17)10-15/h2,5-6,10,13,18H,3-4,7-9,11-12H2,1H3. The van der Waals surface area contributed by atoms with Gasteiger partial charge >= 0.3 is 6.09 Å². The van der Waals surface area contributed by atoms with Crippen LogP contribution in [0.5, 0.6) is 0 Å². The zero-order valence-electron chi connectivity index (χ0n) is 12.9. The van der Waals surface area contributed by atoms with Gasteiger partial charge in [0.2, 0.25) is 0 Å². The normalized spacial score (nSPS) is 18.0. The lowest BCUT2D eigenvalue weighted by molar-refractivity contribution is 0.102. The van der Waals surface area contributed by atoms with Gasteiger partial charge in [0, 0.05) is 24.4 Å². The lowest BCUT2D eigenvalue weighted by Crippen LogP contribution is -2.41. The maximum atomic E-state index is 12.4. The van der Waals surface area contributed by atoms with E-state index in [1.807, 2.05) is 12.1 Å². The van der Waals surface area contributed by atoms with Gasteiger partial charge in [0.15, 0.2) is 0 Å². The van der Waals surface area contributed by atoms with Crippen molar-refractivity contribution >= 4 is 23.4 Å².